The lowest BCUT2D eigenvalue weighted by Gasteiger charge is -2.30. The van der Waals surface area contributed by atoms with Crippen LogP contribution in [-0.2, 0) is 4.79 Å². The molecule has 2 N–H and O–H groups in total. The Hall–Kier alpha value is -0.570. The van der Waals surface area contributed by atoms with Gasteiger partial charge in [0.1, 0.15) is 0 Å². The lowest BCUT2D eigenvalue weighted by atomic mass is 9.80. The molecule has 0 aliphatic carbocycles. The van der Waals surface area contributed by atoms with Gasteiger partial charge in [0, 0.05) is 6.54 Å². The molecule has 2 aliphatic rings. The van der Waals surface area contributed by atoms with E-state index >= 15 is 0 Å². The van der Waals surface area contributed by atoms with Crippen molar-refractivity contribution in [2.24, 2.45) is 11.1 Å². The van der Waals surface area contributed by atoms with Crippen molar-refractivity contribution in [2.45, 2.75) is 19.3 Å². The molecule has 0 aromatic carbocycles. The van der Waals surface area contributed by atoms with E-state index in [1.807, 2.05) is 0 Å². The SMILES string of the molecule is NC(=O)[C@]12CCCN(CC1)C2. The van der Waals surface area contributed by atoms with Crippen molar-refractivity contribution in [2.75, 3.05) is 19.6 Å². The van der Waals surface area contributed by atoms with Crippen LogP contribution >= 0.6 is 0 Å². The van der Waals surface area contributed by atoms with E-state index in [4.69, 9.17) is 5.73 Å². The van der Waals surface area contributed by atoms with Crippen LogP contribution in [-0.4, -0.2) is 30.4 Å². The van der Waals surface area contributed by atoms with E-state index < -0.39 is 0 Å². The van der Waals surface area contributed by atoms with Crippen molar-refractivity contribution in [3.05, 3.63) is 0 Å². The van der Waals surface area contributed by atoms with Crippen molar-refractivity contribution >= 4 is 5.91 Å². The molecule has 0 aromatic heterocycles. The van der Waals surface area contributed by atoms with Crippen LogP contribution in [0.15, 0.2) is 0 Å². The number of carbonyl (C=O) groups excluding carboxylic acids is 1. The van der Waals surface area contributed by atoms with Gasteiger partial charge in [-0.1, -0.05) is 0 Å². The highest BCUT2D eigenvalue weighted by molar-refractivity contribution is 5.81. The predicted octanol–water partition coefficient (Wildman–Crippen LogP) is -0.0424. The molecule has 3 nitrogen and oxygen atoms in total. The molecule has 2 rings (SSSR count). The maximum absolute atomic E-state index is 11.1. The maximum atomic E-state index is 11.1. The monoisotopic (exact) mass is 154 g/mol. The quantitative estimate of drug-likeness (QED) is 0.576. The first kappa shape index (κ1) is 7.10. The van der Waals surface area contributed by atoms with E-state index in [-0.39, 0.29) is 11.3 Å². The zero-order chi connectivity index (χ0) is 7.90. The summed E-state index contributed by atoms with van der Waals surface area (Å²) in [6.45, 7) is 3.15. The number of primary amides is 1. The zero-order valence-corrected chi connectivity index (χ0v) is 6.68. The highest BCUT2D eigenvalue weighted by Gasteiger charge is 2.45. The molecule has 1 unspecified atom stereocenters. The average molecular weight is 154 g/mol. The lowest BCUT2D eigenvalue weighted by molar-refractivity contribution is -0.128. The molecule has 0 saturated carbocycles. The minimum atomic E-state index is -0.141. The molecular weight excluding hydrogens is 140 g/mol. The first-order chi connectivity index (χ1) is 5.23. The third kappa shape index (κ3) is 0.948. The normalized spacial score (nSPS) is 42.4. The van der Waals surface area contributed by atoms with Gasteiger partial charge in [0.2, 0.25) is 5.91 Å². The predicted molar refractivity (Wildman–Crippen MR) is 41.9 cm³/mol. The minimum absolute atomic E-state index is 0.0836. The van der Waals surface area contributed by atoms with Crippen molar-refractivity contribution in [1.82, 2.24) is 4.90 Å². The van der Waals surface area contributed by atoms with Crippen LogP contribution in [0.1, 0.15) is 19.3 Å². The van der Waals surface area contributed by atoms with E-state index in [9.17, 15) is 4.79 Å². The van der Waals surface area contributed by atoms with Gasteiger partial charge in [-0.15, -0.1) is 0 Å². The molecule has 11 heavy (non-hydrogen) atoms. The summed E-state index contributed by atoms with van der Waals surface area (Å²) in [5, 5.41) is 0. The number of hydrogen-bond acceptors (Lipinski definition) is 2. The van der Waals surface area contributed by atoms with E-state index in [0.29, 0.717) is 0 Å². The molecule has 62 valence electrons. The number of rotatable bonds is 1. The second kappa shape index (κ2) is 2.21. The number of nitrogens with two attached hydrogens (primary N) is 1. The molecule has 2 atom stereocenters. The Kier molecular flexibility index (Phi) is 1.42. The number of amides is 1. The van der Waals surface area contributed by atoms with Gasteiger partial charge in [0.05, 0.1) is 5.41 Å². The van der Waals surface area contributed by atoms with Crippen LogP contribution in [0.5, 0.6) is 0 Å². The number of piperidine rings is 1. The zero-order valence-electron chi connectivity index (χ0n) is 6.68. The van der Waals surface area contributed by atoms with Gasteiger partial charge < -0.3 is 10.6 Å². The maximum Gasteiger partial charge on any atom is 0.224 e. The fourth-order valence-electron chi connectivity index (χ4n) is 2.32. The summed E-state index contributed by atoms with van der Waals surface area (Å²) in [5.41, 5.74) is 5.23. The molecule has 2 saturated heterocycles. The lowest BCUT2D eigenvalue weighted by Crippen LogP contribution is -2.43. The minimum Gasteiger partial charge on any atom is -0.369 e. The number of carbonyl (C=O) groups is 1. The standard InChI is InChI=1S/C8H14N2O/c9-7(11)8-2-1-4-10(6-8)5-3-8/h1-6H2,(H2,9,11)/t8-/m1/s1. The van der Waals surface area contributed by atoms with E-state index in [0.717, 1.165) is 38.9 Å². The van der Waals surface area contributed by atoms with E-state index in [1.54, 1.807) is 0 Å². The summed E-state index contributed by atoms with van der Waals surface area (Å²) in [7, 11) is 0. The molecule has 0 aromatic rings. The Bertz CT molecular complexity index is 189. The molecule has 2 heterocycles. The highest BCUT2D eigenvalue weighted by atomic mass is 16.1. The van der Waals surface area contributed by atoms with Crippen LogP contribution < -0.4 is 5.73 Å². The van der Waals surface area contributed by atoms with Gasteiger partial charge in [0.25, 0.3) is 0 Å². The Labute approximate surface area is 66.5 Å². The second-order valence-corrected chi connectivity index (χ2v) is 3.77. The smallest absolute Gasteiger partial charge is 0.224 e. The van der Waals surface area contributed by atoms with Crippen molar-refractivity contribution in [3.63, 3.8) is 0 Å². The first-order valence-electron chi connectivity index (χ1n) is 4.25. The van der Waals surface area contributed by atoms with Crippen molar-refractivity contribution in [3.8, 4) is 0 Å². The number of fused-ring (bicyclic) bond motifs is 2. The molecule has 0 radical (unpaired) electrons. The molecule has 3 heteroatoms. The fraction of sp³-hybridized carbons (Fsp3) is 0.875. The van der Waals surface area contributed by atoms with Gasteiger partial charge in [0.15, 0.2) is 0 Å². The summed E-state index contributed by atoms with van der Waals surface area (Å²) < 4.78 is 0. The summed E-state index contributed by atoms with van der Waals surface area (Å²) in [5.74, 6) is -0.0836. The second-order valence-electron chi connectivity index (χ2n) is 3.77. The molecule has 1 amide bonds. The van der Waals surface area contributed by atoms with Gasteiger partial charge in [-0.2, -0.15) is 0 Å². The molecular formula is C8H14N2O. The summed E-state index contributed by atoms with van der Waals surface area (Å²) in [6, 6.07) is 0. The molecule has 2 bridgehead atoms. The Balaban J connectivity index is 2.19. The topological polar surface area (TPSA) is 46.3 Å². The van der Waals surface area contributed by atoms with E-state index in [1.165, 1.54) is 0 Å². The van der Waals surface area contributed by atoms with Gasteiger partial charge in [-0.05, 0) is 32.4 Å². The largest absolute Gasteiger partial charge is 0.369 e. The molecule has 2 aliphatic heterocycles. The molecule has 0 spiro atoms. The van der Waals surface area contributed by atoms with Gasteiger partial charge in [-0.25, -0.2) is 0 Å². The number of nitrogens with zero attached hydrogens (tertiary/aromatic N) is 1. The van der Waals surface area contributed by atoms with Gasteiger partial charge in [-0.3, -0.25) is 4.79 Å². The van der Waals surface area contributed by atoms with Crippen molar-refractivity contribution in [1.29, 1.82) is 0 Å². The fourth-order valence-corrected chi connectivity index (χ4v) is 2.32. The summed E-state index contributed by atoms with van der Waals surface area (Å²) in [4.78, 5) is 13.5. The van der Waals surface area contributed by atoms with Crippen LogP contribution in [0.25, 0.3) is 0 Å². The first-order valence-corrected chi connectivity index (χ1v) is 4.25. The summed E-state index contributed by atoms with van der Waals surface area (Å²) >= 11 is 0. The van der Waals surface area contributed by atoms with Crippen LogP contribution in [0.4, 0.5) is 0 Å². The van der Waals surface area contributed by atoms with Gasteiger partial charge >= 0.3 is 0 Å². The van der Waals surface area contributed by atoms with Crippen molar-refractivity contribution < 1.29 is 4.79 Å². The highest BCUT2D eigenvalue weighted by Crippen LogP contribution is 2.38. The molecule has 2 fully saturated rings. The summed E-state index contributed by atoms with van der Waals surface area (Å²) in [6.07, 6.45) is 3.14. The third-order valence-corrected chi connectivity index (χ3v) is 3.09. The van der Waals surface area contributed by atoms with Crippen LogP contribution in [0.2, 0.25) is 0 Å². The Morgan fingerprint density at radius 1 is 1.36 bits per heavy atom. The Morgan fingerprint density at radius 2 is 2.18 bits per heavy atom. The van der Waals surface area contributed by atoms with E-state index in [2.05, 4.69) is 4.90 Å². The third-order valence-electron chi connectivity index (χ3n) is 3.09. The number of hydrogen-bond donors (Lipinski definition) is 1. The Morgan fingerprint density at radius 3 is 2.82 bits per heavy atom. The average Bonchev–Trinajstić information content (AvgIpc) is 2.29. The van der Waals surface area contributed by atoms with Crippen LogP contribution in [0, 0.1) is 5.41 Å². The van der Waals surface area contributed by atoms with Crippen LogP contribution in [0.3, 0.4) is 0 Å².